The molecule has 0 saturated carbocycles. The quantitative estimate of drug-likeness (QED) is 0.662. The maximum atomic E-state index is 6.08. The highest BCUT2D eigenvalue weighted by atomic mass is 35.5. The molecule has 0 amide bonds. The van der Waals surface area contributed by atoms with Gasteiger partial charge in [-0.3, -0.25) is 4.98 Å². The van der Waals surface area contributed by atoms with Crippen molar-refractivity contribution in [2.24, 2.45) is 0 Å². The van der Waals surface area contributed by atoms with E-state index in [1.54, 1.807) is 18.5 Å². The van der Waals surface area contributed by atoms with Gasteiger partial charge in [0, 0.05) is 29.6 Å². The standard InChI is InChI=1S/C15H10ClN3/c16-14-9-13(11-5-2-1-3-6-11)18-15(19-14)12-7-4-8-17-10-12/h1-10H. The number of benzene rings is 1. The van der Waals surface area contributed by atoms with E-state index in [0.717, 1.165) is 16.8 Å². The minimum atomic E-state index is 0.424. The van der Waals surface area contributed by atoms with E-state index < -0.39 is 0 Å². The van der Waals surface area contributed by atoms with Crippen molar-refractivity contribution in [3.05, 3.63) is 66.1 Å². The number of hydrogen-bond acceptors (Lipinski definition) is 3. The highest BCUT2D eigenvalue weighted by Gasteiger charge is 2.07. The number of hydrogen-bond donors (Lipinski definition) is 0. The second kappa shape index (κ2) is 5.16. The van der Waals surface area contributed by atoms with Crippen LogP contribution < -0.4 is 0 Å². The maximum Gasteiger partial charge on any atom is 0.163 e. The predicted molar refractivity (Wildman–Crippen MR) is 75.7 cm³/mol. The van der Waals surface area contributed by atoms with E-state index >= 15 is 0 Å². The molecule has 3 aromatic rings. The summed E-state index contributed by atoms with van der Waals surface area (Å²) in [5, 5.41) is 0.424. The lowest BCUT2D eigenvalue weighted by molar-refractivity contribution is 1.17. The third-order valence-electron chi connectivity index (χ3n) is 2.68. The fraction of sp³-hybridized carbons (Fsp3) is 0. The van der Waals surface area contributed by atoms with Crippen LogP contribution >= 0.6 is 11.6 Å². The molecule has 92 valence electrons. The van der Waals surface area contributed by atoms with E-state index in [2.05, 4.69) is 15.0 Å². The second-order valence-corrected chi connectivity index (χ2v) is 4.39. The Balaban J connectivity index is 2.12. The first-order valence-corrected chi connectivity index (χ1v) is 6.21. The lowest BCUT2D eigenvalue weighted by atomic mass is 10.1. The minimum absolute atomic E-state index is 0.424. The predicted octanol–water partition coefficient (Wildman–Crippen LogP) is 3.86. The topological polar surface area (TPSA) is 38.7 Å². The Hall–Kier alpha value is -2.26. The average molecular weight is 268 g/mol. The van der Waals surface area contributed by atoms with Crippen molar-refractivity contribution in [1.82, 2.24) is 15.0 Å². The molecule has 0 aliphatic heterocycles. The molecule has 3 rings (SSSR count). The summed E-state index contributed by atoms with van der Waals surface area (Å²) in [7, 11) is 0. The van der Waals surface area contributed by atoms with E-state index in [-0.39, 0.29) is 0 Å². The van der Waals surface area contributed by atoms with Gasteiger partial charge in [0.1, 0.15) is 5.15 Å². The van der Waals surface area contributed by atoms with Gasteiger partial charge in [-0.25, -0.2) is 9.97 Å². The fourth-order valence-corrected chi connectivity index (χ4v) is 1.98. The SMILES string of the molecule is Clc1cc(-c2ccccc2)nc(-c2cccnc2)n1. The van der Waals surface area contributed by atoms with Crippen molar-refractivity contribution < 1.29 is 0 Å². The molecule has 0 aliphatic carbocycles. The first kappa shape index (κ1) is 11.8. The Morgan fingerprint density at radius 3 is 2.37 bits per heavy atom. The Bertz CT molecular complexity index is 627. The lowest BCUT2D eigenvalue weighted by Crippen LogP contribution is -1.93. The highest BCUT2D eigenvalue weighted by molar-refractivity contribution is 6.29. The summed E-state index contributed by atoms with van der Waals surface area (Å²) in [5.74, 6) is 0.583. The van der Waals surface area contributed by atoms with E-state index in [9.17, 15) is 0 Å². The number of rotatable bonds is 2. The zero-order valence-electron chi connectivity index (χ0n) is 9.99. The summed E-state index contributed by atoms with van der Waals surface area (Å²) in [5.41, 5.74) is 2.67. The molecule has 0 bridgehead atoms. The number of aromatic nitrogens is 3. The molecule has 2 aromatic heterocycles. The van der Waals surface area contributed by atoms with Crippen molar-refractivity contribution in [3.63, 3.8) is 0 Å². The van der Waals surface area contributed by atoms with Crippen molar-refractivity contribution in [2.75, 3.05) is 0 Å². The summed E-state index contributed by atoms with van der Waals surface area (Å²) < 4.78 is 0. The molecule has 2 heterocycles. The molecular formula is C15H10ClN3. The van der Waals surface area contributed by atoms with Crippen LogP contribution in [-0.4, -0.2) is 15.0 Å². The van der Waals surface area contributed by atoms with Crippen molar-refractivity contribution >= 4 is 11.6 Å². The molecule has 4 heteroatoms. The second-order valence-electron chi connectivity index (χ2n) is 4.01. The fourth-order valence-electron chi connectivity index (χ4n) is 1.80. The van der Waals surface area contributed by atoms with Crippen molar-refractivity contribution in [1.29, 1.82) is 0 Å². The molecule has 0 fully saturated rings. The summed E-state index contributed by atoms with van der Waals surface area (Å²) in [6, 6.07) is 15.4. The average Bonchev–Trinajstić information content (AvgIpc) is 2.48. The largest absolute Gasteiger partial charge is 0.264 e. The molecule has 0 atom stereocenters. The minimum Gasteiger partial charge on any atom is -0.264 e. The van der Waals surface area contributed by atoms with Crippen LogP contribution in [0.5, 0.6) is 0 Å². The summed E-state index contributed by atoms with van der Waals surface area (Å²) in [6.07, 6.45) is 3.44. The Kier molecular flexibility index (Phi) is 3.21. The molecule has 0 spiro atoms. The van der Waals surface area contributed by atoms with Crippen LogP contribution in [0.4, 0.5) is 0 Å². The summed E-state index contributed by atoms with van der Waals surface area (Å²) in [4.78, 5) is 12.9. The third kappa shape index (κ3) is 2.61. The van der Waals surface area contributed by atoms with Gasteiger partial charge < -0.3 is 0 Å². The summed E-state index contributed by atoms with van der Waals surface area (Å²) >= 11 is 6.08. The molecule has 0 unspecified atom stereocenters. The third-order valence-corrected chi connectivity index (χ3v) is 2.88. The molecule has 0 saturated heterocycles. The number of pyridine rings is 1. The van der Waals surface area contributed by atoms with Crippen LogP contribution in [0.15, 0.2) is 60.9 Å². The monoisotopic (exact) mass is 267 g/mol. The van der Waals surface area contributed by atoms with Crippen molar-refractivity contribution in [2.45, 2.75) is 0 Å². The van der Waals surface area contributed by atoms with E-state index in [4.69, 9.17) is 11.6 Å². The molecule has 0 aliphatic rings. The molecule has 0 radical (unpaired) electrons. The van der Waals surface area contributed by atoms with Gasteiger partial charge in [-0.2, -0.15) is 0 Å². The maximum absolute atomic E-state index is 6.08. The van der Waals surface area contributed by atoms with Crippen LogP contribution in [0, 0.1) is 0 Å². The van der Waals surface area contributed by atoms with Crippen LogP contribution in [0.2, 0.25) is 5.15 Å². The number of nitrogens with zero attached hydrogens (tertiary/aromatic N) is 3. The lowest BCUT2D eigenvalue weighted by Gasteiger charge is -2.05. The van der Waals surface area contributed by atoms with E-state index in [1.807, 2.05) is 42.5 Å². The van der Waals surface area contributed by atoms with Gasteiger partial charge in [-0.1, -0.05) is 41.9 Å². The molecule has 19 heavy (non-hydrogen) atoms. The molecule has 1 aromatic carbocycles. The highest BCUT2D eigenvalue weighted by Crippen LogP contribution is 2.23. The van der Waals surface area contributed by atoms with E-state index in [1.165, 1.54) is 0 Å². The van der Waals surface area contributed by atoms with Gasteiger partial charge in [0.15, 0.2) is 5.82 Å². The Morgan fingerprint density at radius 2 is 1.63 bits per heavy atom. The zero-order chi connectivity index (χ0) is 13.1. The number of halogens is 1. The van der Waals surface area contributed by atoms with Crippen molar-refractivity contribution in [3.8, 4) is 22.6 Å². The van der Waals surface area contributed by atoms with E-state index in [0.29, 0.717) is 11.0 Å². The zero-order valence-corrected chi connectivity index (χ0v) is 10.7. The molecular weight excluding hydrogens is 258 g/mol. The van der Waals surface area contributed by atoms with Gasteiger partial charge >= 0.3 is 0 Å². The Morgan fingerprint density at radius 1 is 0.842 bits per heavy atom. The molecule has 3 nitrogen and oxygen atoms in total. The van der Waals surface area contributed by atoms with Crippen LogP contribution in [0.25, 0.3) is 22.6 Å². The van der Waals surface area contributed by atoms with Gasteiger partial charge in [-0.05, 0) is 12.1 Å². The van der Waals surface area contributed by atoms with Gasteiger partial charge in [0.25, 0.3) is 0 Å². The van der Waals surface area contributed by atoms with Crippen LogP contribution in [0.1, 0.15) is 0 Å². The first-order chi connectivity index (χ1) is 9.33. The van der Waals surface area contributed by atoms with Gasteiger partial charge in [0.05, 0.1) is 5.69 Å². The van der Waals surface area contributed by atoms with Gasteiger partial charge in [-0.15, -0.1) is 0 Å². The smallest absolute Gasteiger partial charge is 0.163 e. The Labute approximate surface area is 116 Å². The normalized spacial score (nSPS) is 10.4. The summed E-state index contributed by atoms with van der Waals surface area (Å²) in [6.45, 7) is 0. The van der Waals surface area contributed by atoms with Crippen LogP contribution in [-0.2, 0) is 0 Å². The molecule has 0 N–H and O–H groups in total. The van der Waals surface area contributed by atoms with Gasteiger partial charge in [0.2, 0.25) is 0 Å². The van der Waals surface area contributed by atoms with Crippen LogP contribution in [0.3, 0.4) is 0 Å². The first-order valence-electron chi connectivity index (χ1n) is 5.83.